The molecule has 7 nitrogen and oxygen atoms in total. The maximum atomic E-state index is 12.6. The molecule has 24 heavy (non-hydrogen) atoms. The molecule has 3 rings (SSSR count). The first-order valence-corrected chi connectivity index (χ1v) is 7.58. The highest BCUT2D eigenvalue weighted by atomic mass is 35.5. The molecule has 2 aromatic rings. The number of hydrogen-bond donors (Lipinski definition) is 3. The molecule has 1 aliphatic heterocycles. The van der Waals surface area contributed by atoms with Crippen molar-refractivity contribution in [3.8, 4) is 5.88 Å². The predicted molar refractivity (Wildman–Crippen MR) is 93.9 cm³/mol. The van der Waals surface area contributed by atoms with Crippen molar-refractivity contribution in [1.29, 1.82) is 0 Å². The van der Waals surface area contributed by atoms with Gasteiger partial charge < -0.3 is 10.1 Å². The average molecular weight is 363 g/mol. The number of rotatable bonds is 2. The number of carbonyl (C=O) groups is 1. The number of hydrogen-bond acceptors (Lipinski definition) is 5. The molecule has 1 aromatic carbocycles. The monoisotopic (exact) mass is 362 g/mol. The van der Waals surface area contributed by atoms with E-state index >= 15 is 0 Å². The number of H-pyrrole nitrogens is 2. The Hall–Kier alpha value is -2.71. The van der Waals surface area contributed by atoms with Gasteiger partial charge in [-0.05, 0) is 49.5 Å². The van der Waals surface area contributed by atoms with Crippen LogP contribution in [-0.4, -0.2) is 26.7 Å². The number of halogens is 1. The van der Waals surface area contributed by atoms with E-state index in [4.69, 9.17) is 23.8 Å². The van der Waals surface area contributed by atoms with Crippen LogP contribution >= 0.6 is 23.8 Å². The molecule has 0 radical (unpaired) electrons. The van der Waals surface area contributed by atoms with Gasteiger partial charge in [-0.25, -0.2) is 0 Å². The summed E-state index contributed by atoms with van der Waals surface area (Å²) in [5, 5.41) is 15.8. The Balaban J connectivity index is 2.04. The van der Waals surface area contributed by atoms with Gasteiger partial charge in [0.25, 0.3) is 11.5 Å². The number of aromatic hydroxyl groups is 1. The minimum Gasteiger partial charge on any atom is -0.494 e. The Morgan fingerprint density at radius 2 is 1.92 bits per heavy atom. The summed E-state index contributed by atoms with van der Waals surface area (Å²) in [6.45, 7) is 1.63. The van der Waals surface area contributed by atoms with Crippen LogP contribution in [-0.2, 0) is 4.79 Å². The fraction of sp³-hybridized carbons (Fsp3) is 0.0667. The standard InChI is InChI=1S/C15H11ClN4O3S/c1-7-10(6-11-12(21)17-15(24)18-13(11)22)14(23)20(19-7)9-4-2-8(16)3-5-9/h2-6H,1H3,(H3,17,18,21,22,24). The second-order valence-electron chi connectivity index (χ2n) is 5.01. The minimum absolute atomic E-state index is 0.00872. The van der Waals surface area contributed by atoms with E-state index in [-0.39, 0.29) is 15.9 Å². The summed E-state index contributed by atoms with van der Waals surface area (Å²) in [7, 11) is 0. The third kappa shape index (κ3) is 2.89. The van der Waals surface area contributed by atoms with Gasteiger partial charge in [0.15, 0.2) is 4.77 Å². The lowest BCUT2D eigenvalue weighted by molar-refractivity contribution is -0.114. The van der Waals surface area contributed by atoms with E-state index in [9.17, 15) is 14.7 Å². The zero-order valence-electron chi connectivity index (χ0n) is 12.3. The van der Waals surface area contributed by atoms with Gasteiger partial charge in [-0.15, -0.1) is 0 Å². The largest absolute Gasteiger partial charge is 0.494 e. The topological polar surface area (TPSA) is 102 Å². The first-order valence-electron chi connectivity index (χ1n) is 6.79. The van der Waals surface area contributed by atoms with Crippen molar-refractivity contribution in [2.24, 2.45) is 5.10 Å². The number of anilines is 1. The average Bonchev–Trinajstić information content (AvgIpc) is 2.79. The summed E-state index contributed by atoms with van der Waals surface area (Å²) in [6, 6.07) is 6.60. The highest BCUT2D eigenvalue weighted by molar-refractivity contribution is 7.71. The molecule has 0 spiro atoms. The fourth-order valence-electron chi connectivity index (χ4n) is 2.20. The first-order chi connectivity index (χ1) is 11.4. The van der Waals surface area contributed by atoms with Crippen molar-refractivity contribution in [3.63, 3.8) is 0 Å². The second-order valence-corrected chi connectivity index (χ2v) is 5.85. The van der Waals surface area contributed by atoms with Crippen molar-refractivity contribution < 1.29 is 9.90 Å². The molecular formula is C15H11ClN4O3S. The molecule has 0 atom stereocenters. The van der Waals surface area contributed by atoms with Crippen LogP contribution in [0.5, 0.6) is 5.88 Å². The molecule has 2 heterocycles. The molecule has 1 amide bonds. The van der Waals surface area contributed by atoms with E-state index in [2.05, 4.69) is 15.1 Å². The molecule has 0 saturated heterocycles. The lowest BCUT2D eigenvalue weighted by Crippen LogP contribution is -2.21. The smallest absolute Gasteiger partial charge is 0.280 e. The van der Waals surface area contributed by atoms with E-state index in [1.165, 1.54) is 11.1 Å². The van der Waals surface area contributed by atoms with E-state index in [1.54, 1.807) is 31.2 Å². The van der Waals surface area contributed by atoms with Crippen molar-refractivity contribution in [3.05, 3.63) is 55.5 Å². The van der Waals surface area contributed by atoms with Crippen LogP contribution in [0.25, 0.3) is 6.08 Å². The minimum atomic E-state index is -0.603. The number of carbonyl (C=O) groups excluding carboxylic acids is 1. The molecule has 3 N–H and O–H groups in total. The van der Waals surface area contributed by atoms with E-state index in [0.29, 0.717) is 16.4 Å². The zero-order chi connectivity index (χ0) is 17.4. The maximum Gasteiger partial charge on any atom is 0.280 e. The van der Waals surface area contributed by atoms with Crippen molar-refractivity contribution in [2.45, 2.75) is 6.92 Å². The van der Waals surface area contributed by atoms with Crippen LogP contribution in [0.3, 0.4) is 0 Å². The molecule has 1 aliphatic rings. The molecule has 0 saturated carbocycles. The molecule has 9 heteroatoms. The third-order valence-electron chi connectivity index (χ3n) is 3.38. The van der Waals surface area contributed by atoms with Gasteiger partial charge in [-0.3, -0.25) is 14.6 Å². The number of nitrogens with one attached hydrogen (secondary N) is 2. The number of hydrazone groups is 1. The van der Waals surface area contributed by atoms with Gasteiger partial charge in [-0.1, -0.05) is 11.6 Å². The Bertz CT molecular complexity index is 1000. The van der Waals surface area contributed by atoms with Gasteiger partial charge in [0.05, 0.1) is 17.0 Å². The number of benzene rings is 1. The van der Waals surface area contributed by atoms with Crippen LogP contribution in [0, 0.1) is 4.77 Å². The van der Waals surface area contributed by atoms with Crippen LogP contribution in [0.2, 0.25) is 5.02 Å². The number of amides is 1. The molecular weight excluding hydrogens is 352 g/mol. The van der Waals surface area contributed by atoms with E-state index < -0.39 is 17.3 Å². The lowest BCUT2D eigenvalue weighted by Gasteiger charge is -2.11. The summed E-state index contributed by atoms with van der Waals surface area (Å²) in [5.74, 6) is -0.835. The third-order valence-corrected chi connectivity index (χ3v) is 3.84. The Kier molecular flexibility index (Phi) is 4.08. The van der Waals surface area contributed by atoms with E-state index in [0.717, 1.165) is 0 Å². The fourth-order valence-corrected chi connectivity index (χ4v) is 2.52. The summed E-state index contributed by atoms with van der Waals surface area (Å²) < 4.78 is -0.00872. The quantitative estimate of drug-likeness (QED) is 0.564. The molecule has 0 fully saturated rings. The molecule has 1 aromatic heterocycles. The molecule has 0 unspecified atom stereocenters. The van der Waals surface area contributed by atoms with Crippen molar-refractivity contribution in [1.82, 2.24) is 9.97 Å². The van der Waals surface area contributed by atoms with Gasteiger partial charge in [0.2, 0.25) is 5.88 Å². The summed E-state index contributed by atoms with van der Waals surface area (Å²) in [5.41, 5.74) is 0.443. The van der Waals surface area contributed by atoms with Crippen LogP contribution in [0.15, 0.2) is 39.7 Å². The van der Waals surface area contributed by atoms with Gasteiger partial charge in [0, 0.05) is 5.02 Å². The normalized spacial score (nSPS) is 15.9. The van der Waals surface area contributed by atoms with Gasteiger partial charge in [0.1, 0.15) is 5.56 Å². The maximum absolute atomic E-state index is 12.6. The van der Waals surface area contributed by atoms with E-state index in [1.807, 2.05) is 0 Å². The Labute approximate surface area is 145 Å². The zero-order valence-corrected chi connectivity index (χ0v) is 13.9. The van der Waals surface area contributed by atoms with Crippen LogP contribution in [0.1, 0.15) is 12.5 Å². The number of aromatic amines is 2. The number of nitrogens with zero attached hydrogens (tertiary/aromatic N) is 2. The van der Waals surface area contributed by atoms with Gasteiger partial charge >= 0.3 is 0 Å². The molecule has 0 aliphatic carbocycles. The van der Waals surface area contributed by atoms with Crippen LogP contribution in [0.4, 0.5) is 5.69 Å². The van der Waals surface area contributed by atoms with Crippen LogP contribution < -0.4 is 10.6 Å². The Morgan fingerprint density at radius 3 is 2.54 bits per heavy atom. The highest BCUT2D eigenvalue weighted by Gasteiger charge is 2.29. The highest BCUT2D eigenvalue weighted by Crippen LogP contribution is 2.26. The lowest BCUT2D eigenvalue weighted by atomic mass is 10.1. The SMILES string of the molecule is CC1=NN(c2ccc(Cl)cc2)C(=O)C1=Cc1c(O)[nH]c(=S)[nH]c1=O. The summed E-state index contributed by atoms with van der Waals surface area (Å²) in [4.78, 5) is 29.3. The van der Waals surface area contributed by atoms with Crippen molar-refractivity contribution >= 4 is 47.2 Å². The molecule has 0 bridgehead atoms. The summed E-state index contributed by atoms with van der Waals surface area (Å²) in [6.07, 6.45) is 1.27. The molecule has 122 valence electrons. The second kappa shape index (κ2) is 6.06. The van der Waals surface area contributed by atoms with Crippen molar-refractivity contribution in [2.75, 3.05) is 5.01 Å². The Morgan fingerprint density at radius 1 is 1.25 bits per heavy atom. The summed E-state index contributed by atoms with van der Waals surface area (Å²) >= 11 is 10.6. The predicted octanol–water partition coefficient (Wildman–Crippen LogP) is 2.60. The van der Waals surface area contributed by atoms with Gasteiger partial charge in [-0.2, -0.15) is 10.1 Å². The number of aromatic nitrogens is 2. The first kappa shape index (κ1) is 16.2.